The monoisotopic (exact) mass is 239 g/mol. The Kier molecular flexibility index (Phi) is 3.26. The highest BCUT2D eigenvalue weighted by Gasteiger charge is 2.50. The highest BCUT2D eigenvalue weighted by Crippen LogP contribution is 2.43. The van der Waals surface area contributed by atoms with E-state index >= 15 is 0 Å². The molecular weight excluding hydrogens is 218 g/mol. The van der Waals surface area contributed by atoms with Gasteiger partial charge in [0.25, 0.3) is 0 Å². The molecule has 2 fully saturated rings. The molecule has 3 N–H and O–H groups in total. The number of hydrogen-bond donors (Lipinski definition) is 2. The van der Waals surface area contributed by atoms with Crippen LogP contribution in [0.3, 0.4) is 0 Å². The molecule has 0 spiro atoms. The predicted octanol–water partition coefficient (Wildman–Crippen LogP) is 1.16. The van der Waals surface area contributed by atoms with Gasteiger partial charge in [-0.2, -0.15) is 0 Å². The van der Waals surface area contributed by atoms with Gasteiger partial charge < -0.3 is 15.8 Å². The molecule has 1 saturated heterocycles. The molecule has 0 bridgehead atoms. The number of hydrogen-bond acceptors (Lipinski definition) is 3. The summed E-state index contributed by atoms with van der Waals surface area (Å²) in [5, 5.41) is 11.9. The van der Waals surface area contributed by atoms with Crippen molar-refractivity contribution in [1.82, 2.24) is 4.90 Å². The lowest BCUT2D eigenvalue weighted by Crippen LogP contribution is -2.56. The van der Waals surface area contributed by atoms with Crippen molar-refractivity contribution >= 4 is 11.7 Å². The Hall–Kier alpha value is -1.26. The molecule has 1 saturated carbocycles. The zero-order valence-corrected chi connectivity index (χ0v) is 10.4. The minimum Gasteiger partial charge on any atom is -0.409 e. The van der Waals surface area contributed by atoms with Crippen molar-refractivity contribution in [1.29, 1.82) is 0 Å². The van der Waals surface area contributed by atoms with E-state index in [1.54, 1.807) is 0 Å². The number of nitrogens with zero attached hydrogens (tertiary/aromatic N) is 2. The molecule has 2 rings (SSSR count). The zero-order valence-electron chi connectivity index (χ0n) is 10.4. The van der Waals surface area contributed by atoms with Crippen LogP contribution in [0.15, 0.2) is 5.16 Å². The number of piperidine rings is 1. The molecule has 1 heterocycles. The molecule has 0 radical (unpaired) electrons. The van der Waals surface area contributed by atoms with Gasteiger partial charge in [0.2, 0.25) is 5.91 Å². The van der Waals surface area contributed by atoms with E-state index in [-0.39, 0.29) is 11.7 Å². The van der Waals surface area contributed by atoms with Crippen LogP contribution < -0.4 is 5.73 Å². The van der Waals surface area contributed by atoms with Crippen molar-refractivity contribution in [3.63, 3.8) is 0 Å². The third kappa shape index (κ3) is 1.98. The largest absolute Gasteiger partial charge is 0.409 e. The van der Waals surface area contributed by atoms with Crippen LogP contribution in [0.2, 0.25) is 0 Å². The van der Waals surface area contributed by atoms with Gasteiger partial charge in [-0.1, -0.05) is 18.5 Å². The lowest BCUT2D eigenvalue weighted by atomic mass is 9.66. The van der Waals surface area contributed by atoms with Gasteiger partial charge >= 0.3 is 0 Å². The van der Waals surface area contributed by atoms with Crippen LogP contribution in [0, 0.1) is 11.3 Å². The van der Waals surface area contributed by atoms with Gasteiger partial charge in [0.05, 0.1) is 0 Å². The summed E-state index contributed by atoms with van der Waals surface area (Å²) in [4.78, 5) is 14.4. The van der Waals surface area contributed by atoms with Crippen LogP contribution in [0.4, 0.5) is 0 Å². The molecule has 1 amide bonds. The molecule has 1 atom stereocenters. The van der Waals surface area contributed by atoms with Crippen LogP contribution >= 0.6 is 0 Å². The molecule has 0 aromatic heterocycles. The zero-order chi connectivity index (χ0) is 12.5. The first-order chi connectivity index (χ1) is 8.10. The van der Waals surface area contributed by atoms with Gasteiger partial charge in [0.15, 0.2) is 5.84 Å². The lowest BCUT2D eigenvalue weighted by molar-refractivity contribution is -0.144. The Morgan fingerprint density at radius 2 is 2.18 bits per heavy atom. The van der Waals surface area contributed by atoms with Crippen molar-refractivity contribution in [3.05, 3.63) is 0 Å². The van der Waals surface area contributed by atoms with Gasteiger partial charge in [0.1, 0.15) is 5.41 Å². The van der Waals surface area contributed by atoms with Gasteiger partial charge in [-0.3, -0.25) is 4.79 Å². The van der Waals surface area contributed by atoms with E-state index in [1.165, 1.54) is 6.42 Å². The molecular formula is C12H21N3O2. The molecule has 0 aromatic rings. The Balaban J connectivity index is 2.12. The van der Waals surface area contributed by atoms with Gasteiger partial charge in [0, 0.05) is 13.1 Å². The fourth-order valence-electron chi connectivity index (χ4n) is 2.88. The topological polar surface area (TPSA) is 78.9 Å². The minimum atomic E-state index is -0.703. The summed E-state index contributed by atoms with van der Waals surface area (Å²) in [6, 6.07) is 0. The molecule has 0 aromatic carbocycles. The van der Waals surface area contributed by atoms with E-state index in [4.69, 9.17) is 10.9 Å². The second-order valence-electron chi connectivity index (χ2n) is 5.42. The van der Waals surface area contributed by atoms with Crippen LogP contribution in [0.25, 0.3) is 0 Å². The first kappa shape index (κ1) is 12.2. The fourth-order valence-corrected chi connectivity index (χ4v) is 2.88. The van der Waals surface area contributed by atoms with Crippen molar-refractivity contribution in [2.75, 3.05) is 13.1 Å². The number of amidine groups is 1. The second-order valence-corrected chi connectivity index (χ2v) is 5.42. The van der Waals surface area contributed by atoms with Gasteiger partial charge in [-0.15, -0.1) is 0 Å². The number of amides is 1. The molecule has 96 valence electrons. The third-order valence-electron chi connectivity index (χ3n) is 4.16. The SMILES string of the molecule is CC1CCCN(C(=O)C2(C(N)=NO)CCC2)C1. The fraction of sp³-hybridized carbons (Fsp3) is 0.833. The number of oxime groups is 1. The molecule has 2 aliphatic rings. The van der Waals surface area contributed by atoms with Crippen LogP contribution in [0.1, 0.15) is 39.0 Å². The van der Waals surface area contributed by atoms with E-state index in [0.717, 1.165) is 25.9 Å². The average Bonchev–Trinajstić information content (AvgIpc) is 2.27. The van der Waals surface area contributed by atoms with E-state index in [1.807, 2.05) is 4.90 Å². The maximum absolute atomic E-state index is 12.5. The predicted molar refractivity (Wildman–Crippen MR) is 64.7 cm³/mol. The molecule has 5 nitrogen and oxygen atoms in total. The molecule has 1 aliphatic heterocycles. The van der Waals surface area contributed by atoms with Crippen LogP contribution in [0.5, 0.6) is 0 Å². The highest BCUT2D eigenvalue weighted by atomic mass is 16.4. The third-order valence-corrected chi connectivity index (χ3v) is 4.16. The number of carbonyl (C=O) groups is 1. The summed E-state index contributed by atoms with van der Waals surface area (Å²) in [5.41, 5.74) is 5.01. The quantitative estimate of drug-likeness (QED) is 0.328. The first-order valence-electron chi connectivity index (χ1n) is 6.37. The van der Waals surface area contributed by atoms with Crippen LogP contribution in [-0.4, -0.2) is 34.9 Å². The summed E-state index contributed by atoms with van der Waals surface area (Å²) >= 11 is 0. The Labute approximate surface area is 102 Å². The number of rotatable bonds is 2. The molecule has 17 heavy (non-hydrogen) atoms. The summed E-state index contributed by atoms with van der Waals surface area (Å²) < 4.78 is 0. The lowest BCUT2D eigenvalue weighted by Gasteiger charge is -2.44. The van der Waals surface area contributed by atoms with E-state index in [2.05, 4.69) is 12.1 Å². The van der Waals surface area contributed by atoms with Crippen LogP contribution in [-0.2, 0) is 4.79 Å². The standard InChI is InChI=1S/C12H21N3O2/c1-9-4-2-7-15(8-9)11(16)12(5-3-6-12)10(13)14-17/h9,17H,2-8H2,1H3,(H2,13,14). The number of carbonyl (C=O) groups excluding carboxylic acids is 1. The van der Waals surface area contributed by atoms with Gasteiger partial charge in [-0.25, -0.2) is 0 Å². The van der Waals surface area contributed by atoms with Gasteiger partial charge in [-0.05, 0) is 31.6 Å². The number of nitrogens with two attached hydrogens (primary N) is 1. The summed E-state index contributed by atoms with van der Waals surface area (Å²) in [7, 11) is 0. The smallest absolute Gasteiger partial charge is 0.236 e. The van der Waals surface area contributed by atoms with Crippen molar-refractivity contribution < 1.29 is 10.0 Å². The number of likely N-dealkylation sites (tertiary alicyclic amines) is 1. The molecule has 1 unspecified atom stereocenters. The maximum Gasteiger partial charge on any atom is 0.236 e. The second kappa shape index (κ2) is 4.55. The summed E-state index contributed by atoms with van der Waals surface area (Å²) in [6.45, 7) is 3.78. The first-order valence-corrected chi connectivity index (χ1v) is 6.37. The maximum atomic E-state index is 12.5. The van der Waals surface area contributed by atoms with Crippen molar-refractivity contribution in [2.45, 2.75) is 39.0 Å². The van der Waals surface area contributed by atoms with E-state index in [9.17, 15) is 4.79 Å². The Bertz CT molecular complexity index is 337. The highest BCUT2D eigenvalue weighted by molar-refractivity contribution is 6.07. The molecule has 5 heteroatoms. The van der Waals surface area contributed by atoms with Crippen molar-refractivity contribution in [3.8, 4) is 0 Å². The van der Waals surface area contributed by atoms with E-state index in [0.29, 0.717) is 18.8 Å². The van der Waals surface area contributed by atoms with E-state index < -0.39 is 5.41 Å². The normalized spacial score (nSPS) is 28.6. The minimum absolute atomic E-state index is 0.0607. The Morgan fingerprint density at radius 1 is 1.47 bits per heavy atom. The summed E-state index contributed by atoms with van der Waals surface area (Å²) in [5.74, 6) is 0.703. The Morgan fingerprint density at radius 3 is 2.65 bits per heavy atom. The average molecular weight is 239 g/mol. The molecule has 1 aliphatic carbocycles. The summed E-state index contributed by atoms with van der Waals surface area (Å²) in [6.07, 6.45) is 4.64. The van der Waals surface area contributed by atoms with Crippen molar-refractivity contribution in [2.24, 2.45) is 22.2 Å².